The van der Waals surface area contributed by atoms with E-state index in [2.05, 4.69) is 25.1 Å². The highest BCUT2D eigenvalue weighted by molar-refractivity contribution is 5.80. The van der Waals surface area contributed by atoms with Crippen molar-refractivity contribution < 1.29 is 9.50 Å². The van der Waals surface area contributed by atoms with Gasteiger partial charge in [0.2, 0.25) is 0 Å². The molecule has 138 valence electrons. The van der Waals surface area contributed by atoms with Crippen molar-refractivity contribution >= 4 is 11.8 Å². The number of aromatic nitrogens is 1. The van der Waals surface area contributed by atoms with Gasteiger partial charge in [0.15, 0.2) is 5.96 Å². The number of nitrogens with zero attached hydrogens (tertiary/aromatic N) is 4. The minimum Gasteiger partial charge on any atom is -0.392 e. The molecule has 0 aliphatic carbocycles. The summed E-state index contributed by atoms with van der Waals surface area (Å²) in [6.07, 6.45) is 1.81. The Hall–Kier alpha value is -2.67. The van der Waals surface area contributed by atoms with E-state index in [0.717, 1.165) is 43.5 Å². The number of pyridine rings is 1. The molecule has 1 aliphatic heterocycles. The van der Waals surface area contributed by atoms with Gasteiger partial charge in [-0.15, -0.1) is 0 Å². The highest BCUT2D eigenvalue weighted by Gasteiger charge is 2.20. The maximum atomic E-state index is 13.5. The smallest absolute Gasteiger partial charge is 0.194 e. The third kappa shape index (κ3) is 4.29. The zero-order valence-corrected chi connectivity index (χ0v) is 14.9. The van der Waals surface area contributed by atoms with Crippen molar-refractivity contribution in [3.05, 3.63) is 59.5 Å². The lowest BCUT2D eigenvalue weighted by Crippen LogP contribution is -2.52. The molecule has 1 aliphatic rings. The second kappa shape index (κ2) is 8.62. The first-order valence-electron chi connectivity index (χ1n) is 8.71. The van der Waals surface area contributed by atoms with Crippen LogP contribution in [0.15, 0.2) is 47.6 Å². The van der Waals surface area contributed by atoms with Crippen LogP contribution >= 0.6 is 0 Å². The standard InChI is InChI=1S/C19H24FN5O/c1-21-19(23-13-15-5-6-17(20)16(12-15)14-26)25-10-8-24(9-11-25)18-4-2-3-7-22-18/h2-7,12,26H,8-11,13-14H2,1H3,(H,21,23). The Bertz CT molecular complexity index is 745. The summed E-state index contributed by atoms with van der Waals surface area (Å²) in [4.78, 5) is 13.2. The third-order valence-corrected chi connectivity index (χ3v) is 4.50. The Morgan fingerprint density at radius 3 is 2.69 bits per heavy atom. The Kier molecular flexibility index (Phi) is 6.01. The van der Waals surface area contributed by atoms with E-state index in [1.165, 1.54) is 6.07 Å². The number of guanidine groups is 1. The lowest BCUT2D eigenvalue weighted by Gasteiger charge is -2.37. The van der Waals surface area contributed by atoms with Gasteiger partial charge in [0, 0.05) is 51.5 Å². The van der Waals surface area contributed by atoms with Crippen LogP contribution in [-0.2, 0) is 13.2 Å². The number of hydrogen-bond acceptors (Lipinski definition) is 4. The highest BCUT2D eigenvalue weighted by Crippen LogP contribution is 2.13. The molecule has 0 saturated carbocycles. The summed E-state index contributed by atoms with van der Waals surface area (Å²) >= 11 is 0. The van der Waals surface area contributed by atoms with Crippen LogP contribution in [0.4, 0.5) is 10.2 Å². The van der Waals surface area contributed by atoms with Crippen molar-refractivity contribution in [1.82, 2.24) is 15.2 Å². The zero-order chi connectivity index (χ0) is 18.4. The van der Waals surface area contributed by atoms with Crippen LogP contribution < -0.4 is 10.2 Å². The van der Waals surface area contributed by atoms with Gasteiger partial charge in [0.05, 0.1) is 6.61 Å². The monoisotopic (exact) mass is 357 g/mol. The molecule has 2 N–H and O–H groups in total. The summed E-state index contributed by atoms with van der Waals surface area (Å²) in [5, 5.41) is 12.5. The molecule has 1 aromatic carbocycles. The van der Waals surface area contributed by atoms with Crippen molar-refractivity contribution in [2.75, 3.05) is 38.1 Å². The normalized spacial score (nSPS) is 15.3. The van der Waals surface area contributed by atoms with E-state index in [4.69, 9.17) is 0 Å². The number of aliphatic hydroxyl groups excluding tert-OH is 1. The lowest BCUT2D eigenvalue weighted by atomic mass is 10.1. The van der Waals surface area contributed by atoms with Crippen LogP contribution in [0.25, 0.3) is 0 Å². The number of benzene rings is 1. The van der Waals surface area contributed by atoms with E-state index in [0.29, 0.717) is 12.1 Å². The number of halogens is 1. The van der Waals surface area contributed by atoms with E-state index in [9.17, 15) is 9.50 Å². The van der Waals surface area contributed by atoms with Crippen molar-refractivity contribution in [2.45, 2.75) is 13.2 Å². The molecule has 7 heteroatoms. The van der Waals surface area contributed by atoms with Gasteiger partial charge in [0.1, 0.15) is 11.6 Å². The van der Waals surface area contributed by atoms with Gasteiger partial charge >= 0.3 is 0 Å². The predicted octanol–water partition coefficient (Wildman–Crippen LogP) is 1.61. The highest BCUT2D eigenvalue weighted by atomic mass is 19.1. The minimum atomic E-state index is -0.383. The topological polar surface area (TPSA) is 64.0 Å². The van der Waals surface area contributed by atoms with Crippen LogP contribution in [0.1, 0.15) is 11.1 Å². The molecule has 1 aromatic heterocycles. The molecule has 26 heavy (non-hydrogen) atoms. The summed E-state index contributed by atoms with van der Waals surface area (Å²) in [5.41, 5.74) is 1.21. The first kappa shape index (κ1) is 18.1. The Morgan fingerprint density at radius 1 is 1.23 bits per heavy atom. The molecular weight excluding hydrogens is 333 g/mol. The van der Waals surface area contributed by atoms with Crippen molar-refractivity contribution in [1.29, 1.82) is 0 Å². The second-order valence-electron chi connectivity index (χ2n) is 6.15. The van der Waals surface area contributed by atoms with Gasteiger partial charge in [-0.25, -0.2) is 9.37 Å². The van der Waals surface area contributed by atoms with Crippen molar-refractivity contribution in [2.24, 2.45) is 4.99 Å². The molecule has 0 bridgehead atoms. The summed E-state index contributed by atoms with van der Waals surface area (Å²) in [5.74, 6) is 1.43. The van der Waals surface area contributed by atoms with Crippen LogP contribution in [0, 0.1) is 5.82 Å². The van der Waals surface area contributed by atoms with Crippen LogP contribution in [-0.4, -0.2) is 54.2 Å². The number of nitrogens with one attached hydrogen (secondary N) is 1. The van der Waals surface area contributed by atoms with E-state index >= 15 is 0 Å². The first-order chi connectivity index (χ1) is 12.7. The molecular formula is C19H24FN5O. The zero-order valence-electron chi connectivity index (χ0n) is 14.9. The number of anilines is 1. The van der Waals surface area contributed by atoms with E-state index in [1.54, 1.807) is 19.2 Å². The summed E-state index contributed by atoms with van der Waals surface area (Å²) in [6.45, 7) is 3.68. The van der Waals surface area contributed by atoms with Crippen molar-refractivity contribution in [3.63, 3.8) is 0 Å². The predicted molar refractivity (Wildman–Crippen MR) is 101 cm³/mol. The number of aliphatic imine (C=N–C) groups is 1. The fourth-order valence-electron chi connectivity index (χ4n) is 3.06. The molecule has 2 heterocycles. The SMILES string of the molecule is CN=C(NCc1ccc(F)c(CO)c1)N1CCN(c2ccccn2)CC1. The maximum Gasteiger partial charge on any atom is 0.194 e. The largest absolute Gasteiger partial charge is 0.392 e. The molecule has 0 atom stereocenters. The van der Waals surface area contributed by atoms with Crippen molar-refractivity contribution in [3.8, 4) is 0 Å². The molecule has 3 rings (SSSR count). The molecule has 0 radical (unpaired) electrons. The fourth-order valence-corrected chi connectivity index (χ4v) is 3.06. The maximum absolute atomic E-state index is 13.5. The average Bonchev–Trinajstić information content (AvgIpc) is 2.70. The third-order valence-electron chi connectivity index (χ3n) is 4.50. The molecule has 2 aromatic rings. The van der Waals surface area contributed by atoms with E-state index < -0.39 is 0 Å². The molecule has 0 amide bonds. The van der Waals surface area contributed by atoms with Gasteiger partial charge < -0.3 is 20.2 Å². The van der Waals surface area contributed by atoms with Gasteiger partial charge in [0.25, 0.3) is 0 Å². The van der Waals surface area contributed by atoms with Gasteiger partial charge in [-0.2, -0.15) is 0 Å². The van der Waals surface area contributed by atoms with Gasteiger partial charge in [-0.05, 0) is 29.8 Å². The van der Waals surface area contributed by atoms with E-state index in [1.807, 2.05) is 24.4 Å². The molecule has 0 unspecified atom stereocenters. The van der Waals surface area contributed by atoms with Crippen LogP contribution in [0.3, 0.4) is 0 Å². The first-order valence-corrected chi connectivity index (χ1v) is 8.71. The average molecular weight is 357 g/mol. The number of rotatable bonds is 4. The van der Waals surface area contributed by atoms with Crippen LogP contribution in [0.5, 0.6) is 0 Å². The Labute approximate surface area is 153 Å². The second-order valence-corrected chi connectivity index (χ2v) is 6.15. The lowest BCUT2D eigenvalue weighted by molar-refractivity contribution is 0.275. The van der Waals surface area contributed by atoms with E-state index in [-0.39, 0.29) is 12.4 Å². The van der Waals surface area contributed by atoms with Gasteiger partial charge in [-0.1, -0.05) is 12.1 Å². The number of piperazine rings is 1. The number of hydrogen-bond donors (Lipinski definition) is 2. The molecule has 0 spiro atoms. The molecule has 6 nitrogen and oxygen atoms in total. The summed E-state index contributed by atoms with van der Waals surface area (Å²) in [6, 6.07) is 10.7. The quantitative estimate of drug-likeness (QED) is 0.643. The Balaban J connectivity index is 1.55. The molecule has 1 fully saturated rings. The number of aliphatic hydroxyl groups is 1. The summed E-state index contributed by atoms with van der Waals surface area (Å²) < 4.78 is 13.5. The van der Waals surface area contributed by atoms with Crippen LogP contribution in [0.2, 0.25) is 0 Å². The fraction of sp³-hybridized carbons (Fsp3) is 0.368. The minimum absolute atomic E-state index is 0.302. The Morgan fingerprint density at radius 2 is 2.04 bits per heavy atom. The van der Waals surface area contributed by atoms with Gasteiger partial charge in [-0.3, -0.25) is 4.99 Å². The molecule has 1 saturated heterocycles. The summed E-state index contributed by atoms with van der Waals surface area (Å²) in [7, 11) is 1.76.